The molecule has 1 aliphatic carbocycles. The minimum atomic E-state index is 0.738. The third kappa shape index (κ3) is 3.01. The number of hydrogen-bond donors (Lipinski definition) is 0. The van der Waals surface area contributed by atoms with Crippen molar-refractivity contribution in [3.63, 3.8) is 0 Å². The Morgan fingerprint density at radius 3 is 2.71 bits per heavy atom. The average molecular weight is 192 g/mol. The highest BCUT2D eigenvalue weighted by atomic mass is 14.2. The molecule has 0 aromatic carbocycles. The summed E-state index contributed by atoms with van der Waals surface area (Å²) < 4.78 is 0. The van der Waals surface area contributed by atoms with E-state index in [1.165, 1.54) is 25.7 Å². The summed E-state index contributed by atoms with van der Waals surface area (Å²) in [6.07, 6.45) is 9.96. The van der Waals surface area contributed by atoms with Gasteiger partial charge in [-0.15, -0.1) is 0 Å². The molecule has 0 aromatic rings. The zero-order valence-corrected chi connectivity index (χ0v) is 10.1. The molecule has 14 heavy (non-hydrogen) atoms. The zero-order valence-electron chi connectivity index (χ0n) is 10.1. The number of hydrogen-bond acceptors (Lipinski definition) is 0. The third-order valence-electron chi connectivity index (χ3n) is 3.37. The van der Waals surface area contributed by atoms with E-state index in [0.717, 1.165) is 11.8 Å². The Labute approximate surface area is 89.1 Å². The summed E-state index contributed by atoms with van der Waals surface area (Å²) in [7, 11) is 0. The number of allylic oxidation sites excluding steroid dienone is 4. The first-order chi connectivity index (χ1) is 6.67. The molecule has 0 fully saturated rings. The molecule has 1 unspecified atom stereocenters. The van der Waals surface area contributed by atoms with Crippen LogP contribution < -0.4 is 0 Å². The number of rotatable bonds is 3. The standard InChI is InChI=1S/C14H24/c1-5-12(4)14-8-7-11(3)9-13(6-2)10-14/h8,10-12H,5-7,9H2,1-4H3/t11-,12?/m1/s1. The summed E-state index contributed by atoms with van der Waals surface area (Å²) in [6.45, 7) is 9.25. The summed E-state index contributed by atoms with van der Waals surface area (Å²) >= 11 is 0. The third-order valence-corrected chi connectivity index (χ3v) is 3.37. The van der Waals surface area contributed by atoms with Gasteiger partial charge in [-0.3, -0.25) is 0 Å². The van der Waals surface area contributed by atoms with E-state index >= 15 is 0 Å². The van der Waals surface area contributed by atoms with Crippen LogP contribution in [0, 0.1) is 11.8 Å². The Hall–Kier alpha value is -0.520. The van der Waals surface area contributed by atoms with Gasteiger partial charge < -0.3 is 0 Å². The molecule has 0 heteroatoms. The molecule has 0 bridgehead atoms. The molecule has 80 valence electrons. The van der Waals surface area contributed by atoms with Gasteiger partial charge in [-0.05, 0) is 43.1 Å². The monoisotopic (exact) mass is 192 g/mol. The van der Waals surface area contributed by atoms with Crippen LogP contribution in [0.4, 0.5) is 0 Å². The van der Waals surface area contributed by atoms with E-state index in [1.54, 1.807) is 11.1 Å². The maximum atomic E-state index is 2.46. The van der Waals surface area contributed by atoms with Gasteiger partial charge in [-0.2, -0.15) is 0 Å². The molecule has 1 aliphatic rings. The van der Waals surface area contributed by atoms with Crippen molar-refractivity contribution in [2.75, 3.05) is 0 Å². The van der Waals surface area contributed by atoms with Crippen LogP contribution in [0.2, 0.25) is 0 Å². The summed E-state index contributed by atoms with van der Waals surface area (Å²) in [4.78, 5) is 0. The van der Waals surface area contributed by atoms with Crippen molar-refractivity contribution in [1.82, 2.24) is 0 Å². The SMILES string of the molecule is CCC1=CC(C(C)CC)=CC[C@@H](C)C1. The zero-order chi connectivity index (χ0) is 10.6. The fourth-order valence-corrected chi connectivity index (χ4v) is 2.05. The predicted octanol–water partition coefficient (Wildman–Crippen LogP) is 4.73. The van der Waals surface area contributed by atoms with E-state index < -0.39 is 0 Å². The second kappa shape index (κ2) is 5.38. The molecule has 1 rings (SSSR count). The first-order valence-corrected chi connectivity index (χ1v) is 6.06. The molecule has 0 N–H and O–H groups in total. The first kappa shape index (κ1) is 11.6. The second-order valence-electron chi connectivity index (χ2n) is 4.71. The summed E-state index contributed by atoms with van der Waals surface area (Å²) in [5.41, 5.74) is 3.22. The van der Waals surface area contributed by atoms with Crippen molar-refractivity contribution < 1.29 is 0 Å². The van der Waals surface area contributed by atoms with Gasteiger partial charge in [-0.25, -0.2) is 0 Å². The van der Waals surface area contributed by atoms with Crippen molar-refractivity contribution >= 4 is 0 Å². The van der Waals surface area contributed by atoms with Crippen molar-refractivity contribution in [3.05, 3.63) is 23.3 Å². The Kier molecular flexibility index (Phi) is 4.44. The first-order valence-electron chi connectivity index (χ1n) is 6.06. The highest BCUT2D eigenvalue weighted by Gasteiger charge is 2.12. The Balaban J connectivity index is 2.81. The molecule has 0 heterocycles. The van der Waals surface area contributed by atoms with E-state index in [2.05, 4.69) is 39.8 Å². The normalized spacial score (nSPS) is 25.0. The highest BCUT2D eigenvalue weighted by molar-refractivity contribution is 5.27. The maximum Gasteiger partial charge on any atom is -0.0196 e. The van der Waals surface area contributed by atoms with E-state index in [-0.39, 0.29) is 0 Å². The average Bonchev–Trinajstić information content (AvgIpc) is 2.38. The molecule has 0 saturated carbocycles. The summed E-state index contributed by atoms with van der Waals surface area (Å²) in [5.74, 6) is 1.57. The van der Waals surface area contributed by atoms with Gasteiger partial charge in [0.2, 0.25) is 0 Å². The second-order valence-corrected chi connectivity index (χ2v) is 4.71. The molecular weight excluding hydrogens is 168 g/mol. The quantitative estimate of drug-likeness (QED) is 0.606. The van der Waals surface area contributed by atoms with E-state index in [9.17, 15) is 0 Å². The Morgan fingerprint density at radius 1 is 1.43 bits per heavy atom. The molecule has 0 aliphatic heterocycles. The van der Waals surface area contributed by atoms with Crippen molar-refractivity contribution in [2.45, 2.75) is 53.4 Å². The van der Waals surface area contributed by atoms with E-state index in [1.807, 2.05) is 0 Å². The lowest BCUT2D eigenvalue weighted by atomic mass is 9.96. The lowest BCUT2D eigenvalue weighted by Gasteiger charge is -2.10. The fraction of sp³-hybridized carbons (Fsp3) is 0.714. The molecule has 0 nitrogen and oxygen atoms in total. The van der Waals surface area contributed by atoms with Gasteiger partial charge in [0, 0.05) is 0 Å². The molecule has 0 radical (unpaired) electrons. The lowest BCUT2D eigenvalue weighted by Crippen LogP contribution is -1.95. The smallest absolute Gasteiger partial charge is 0.0196 e. The van der Waals surface area contributed by atoms with Crippen LogP contribution in [0.15, 0.2) is 23.3 Å². The van der Waals surface area contributed by atoms with Gasteiger partial charge in [0.25, 0.3) is 0 Å². The van der Waals surface area contributed by atoms with Crippen molar-refractivity contribution in [3.8, 4) is 0 Å². The molecule has 0 spiro atoms. The Bertz CT molecular complexity index is 232. The lowest BCUT2D eigenvalue weighted by molar-refractivity contribution is 0.580. The molecule has 0 saturated heterocycles. The largest absolute Gasteiger partial charge is 0.0808 e. The van der Waals surface area contributed by atoms with Crippen LogP contribution in [0.3, 0.4) is 0 Å². The maximum absolute atomic E-state index is 2.46. The van der Waals surface area contributed by atoms with Gasteiger partial charge in [-0.1, -0.05) is 45.4 Å². The van der Waals surface area contributed by atoms with Crippen LogP contribution in [0.1, 0.15) is 53.4 Å². The molecule has 0 amide bonds. The summed E-state index contributed by atoms with van der Waals surface area (Å²) in [6, 6.07) is 0. The topological polar surface area (TPSA) is 0 Å². The fourth-order valence-electron chi connectivity index (χ4n) is 2.05. The van der Waals surface area contributed by atoms with Gasteiger partial charge in [0.05, 0.1) is 0 Å². The summed E-state index contributed by atoms with van der Waals surface area (Å²) in [5, 5.41) is 0. The predicted molar refractivity (Wildman–Crippen MR) is 64.3 cm³/mol. The van der Waals surface area contributed by atoms with E-state index in [0.29, 0.717) is 0 Å². The van der Waals surface area contributed by atoms with Gasteiger partial charge in [0.15, 0.2) is 0 Å². The van der Waals surface area contributed by atoms with Crippen molar-refractivity contribution in [1.29, 1.82) is 0 Å². The van der Waals surface area contributed by atoms with Crippen LogP contribution in [0.5, 0.6) is 0 Å². The molecule has 0 aromatic heterocycles. The van der Waals surface area contributed by atoms with Crippen LogP contribution in [-0.4, -0.2) is 0 Å². The highest BCUT2D eigenvalue weighted by Crippen LogP contribution is 2.28. The molecule has 2 atom stereocenters. The minimum Gasteiger partial charge on any atom is -0.0808 e. The Morgan fingerprint density at radius 2 is 2.14 bits per heavy atom. The van der Waals surface area contributed by atoms with Crippen LogP contribution in [-0.2, 0) is 0 Å². The van der Waals surface area contributed by atoms with Crippen LogP contribution in [0.25, 0.3) is 0 Å². The minimum absolute atomic E-state index is 0.738. The van der Waals surface area contributed by atoms with Crippen molar-refractivity contribution in [2.24, 2.45) is 11.8 Å². The van der Waals surface area contributed by atoms with Gasteiger partial charge >= 0.3 is 0 Å². The van der Waals surface area contributed by atoms with E-state index in [4.69, 9.17) is 0 Å². The van der Waals surface area contributed by atoms with Crippen LogP contribution >= 0.6 is 0 Å². The molecular formula is C14H24. The van der Waals surface area contributed by atoms with Gasteiger partial charge in [0.1, 0.15) is 0 Å².